The number of carbonyl (C=O) groups is 1. The molecule has 1 fully saturated rings. The quantitative estimate of drug-likeness (QED) is 0.787. The van der Waals surface area contributed by atoms with Gasteiger partial charge >= 0.3 is 0 Å². The van der Waals surface area contributed by atoms with Crippen LogP contribution < -0.4 is 0 Å². The van der Waals surface area contributed by atoms with Gasteiger partial charge in [0.05, 0.1) is 4.90 Å². The van der Waals surface area contributed by atoms with Gasteiger partial charge in [0, 0.05) is 26.1 Å². The molecule has 2 heterocycles. The van der Waals surface area contributed by atoms with Crippen LogP contribution in [0.4, 0.5) is 8.78 Å². The van der Waals surface area contributed by atoms with Crippen LogP contribution in [-0.4, -0.2) is 48.8 Å². The van der Waals surface area contributed by atoms with Gasteiger partial charge in [-0.05, 0) is 41.8 Å². The molecule has 0 spiro atoms. The predicted molar refractivity (Wildman–Crippen MR) is 99.2 cm³/mol. The third kappa shape index (κ3) is 3.42. The van der Waals surface area contributed by atoms with Crippen molar-refractivity contribution in [2.24, 2.45) is 0 Å². The smallest absolute Gasteiger partial charge is 0.243 e. The summed E-state index contributed by atoms with van der Waals surface area (Å²) in [4.78, 5) is 14.5. The zero-order chi connectivity index (χ0) is 19.9. The number of nitrogens with zero attached hydrogens (tertiary/aromatic N) is 2. The summed E-state index contributed by atoms with van der Waals surface area (Å²) < 4.78 is 54.1. The fourth-order valence-electron chi connectivity index (χ4n) is 3.88. The lowest BCUT2D eigenvalue weighted by Crippen LogP contribution is -2.49. The highest BCUT2D eigenvalue weighted by molar-refractivity contribution is 7.89. The van der Waals surface area contributed by atoms with Gasteiger partial charge in [0.15, 0.2) is 0 Å². The molecular formula is C20H20F2N2O3S. The van der Waals surface area contributed by atoms with E-state index in [-0.39, 0.29) is 23.8 Å². The molecule has 0 bridgehead atoms. The van der Waals surface area contributed by atoms with Crippen molar-refractivity contribution in [3.05, 3.63) is 65.5 Å². The fourth-order valence-corrected chi connectivity index (χ4v) is 5.50. The summed E-state index contributed by atoms with van der Waals surface area (Å²) in [6.07, 6.45) is -0.906. The van der Waals surface area contributed by atoms with Crippen molar-refractivity contribution in [2.75, 3.05) is 13.1 Å². The summed E-state index contributed by atoms with van der Waals surface area (Å²) in [5, 5.41) is 0. The van der Waals surface area contributed by atoms with Gasteiger partial charge in [0.25, 0.3) is 0 Å². The molecule has 2 atom stereocenters. The maximum absolute atomic E-state index is 14.2. The number of alkyl halides is 1. The van der Waals surface area contributed by atoms with Gasteiger partial charge in [-0.3, -0.25) is 4.79 Å². The first kappa shape index (κ1) is 19.0. The molecule has 28 heavy (non-hydrogen) atoms. The summed E-state index contributed by atoms with van der Waals surface area (Å²) in [6, 6.07) is 11.0. The fraction of sp³-hybridized carbons (Fsp3) is 0.350. The largest absolute Gasteiger partial charge is 0.337 e. The molecule has 2 aromatic carbocycles. The zero-order valence-electron chi connectivity index (χ0n) is 15.1. The van der Waals surface area contributed by atoms with Crippen molar-refractivity contribution in [3.8, 4) is 0 Å². The first-order valence-corrected chi connectivity index (χ1v) is 10.6. The van der Waals surface area contributed by atoms with Crippen LogP contribution in [0, 0.1) is 5.82 Å². The molecule has 1 amide bonds. The number of hydrogen-bond acceptors (Lipinski definition) is 3. The van der Waals surface area contributed by atoms with E-state index < -0.39 is 28.1 Å². The molecule has 4 rings (SSSR count). The van der Waals surface area contributed by atoms with Crippen LogP contribution in [0.2, 0.25) is 0 Å². The van der Waals surface area contributed by atoms with Gasteiger partial charge in [0.1, 0.15) is 18.0 Å². The Hall–Kier alpha value is -2.32. The van der Waals surface area contributed by atoms with E-state index in [2.05, 4.69) is 0 Å². The predicted octanol–water partition coefficient (Wildman–Crippen LogP) is 2.51. The molecule has 2 aromatic rings. The standard InChI is InChI=1S/C20H20F2N2O3S/c21-16-5-7-18(8-6-16)28(26,27)24-13-17(22)11-19(24)20(25)23-10-9-14-3-1-2-4-15(14)12-23/h1-8,17,19H,9-13H2/t17-,19-/m0/s1. The summed E-state index contributed by atoms with van der Waals surface area (Å²) in [7, 11) is -4.10. The van der Waals surface area contributed by atoms with Crippen LogP contribution in [0.3, 0.4) is 0 Å². The average molecular weight is 406 g/mol. The molecule has 2 aliphatic heterocycles. The van der Waals surface area contributed by atoms with Crippen LogP contribution in [0.5, 0.6) is 0 Å². The van der Waals surface area contributed by atoms with Gasteiger partial charge in [-0.15, -0.1) is 0 Å². The second kappa shape index (κ2) is 7.25. The molecule has 1 saturated heterocycles. The molecule has 0 unspecified atom stereocenters. The Morgan fingerprint density at radius 3 is 2.43 bits per heavy atom. The summed E-state index contributed by atoms with van der Waals surface area (Å²) in [5.74, 6) is -0.955. The number of hydrogen-bond donors (Lipinski definition) is 0. The Morgan fingerprint density at radius 1 is 1.04 bits per heavy atom. The van der Waals surface area contributed by atoms with Gasteiger partial charge in [0.2, 0.25) is 15.9 Å². The number of fused-ring (bicyclic) bond motifs is 1. The van der Waals surface area contributed by atoms with E-state index >= 15 is 0 Å². The van der Waals surface area contributed by atoms with E-state index in [0.29, 0.717) is 19.5 Å². The molecule has 0 saturated carbocycles. The maximum Gasteiger partial charge on any atom is 0.243 e. The van der Waals surface area contributed by atoms with Crippen LogP contribution in [-0.2, 0) is 27.8 Å². The van der Waals surface area contributed by atoms with E-state index in [1.54, 1.807) is 4.90 Å². The van der Waals surface area contributed by atoms with E-state index in [9.17, 15) is 22.0 Å². The molecule has 0 N–H and O–H groups in total. The van der Waals surface area contributed by atoms with Crippen molar-refractivity contribution >= 4 is 15.9 Å². The highest BCUT2D eigenvalue weighted by Gasteiger charge is 2.45. The van der Waals surface area contributed by atoms with Gasteiger partial charge < -0.3 is 4.90 Å². The van der Waals surface area contributed by atoms with Crippen LogP contribution in [0.15, 0.2) is 53.4 Å². The average Bonchev–Trinajstić information content (AvgIpc) is 3.10. The van der Waals surface area contributed by atoms with Crippen LogP contribution in [0.25, 0.3) is 0 Å². The molecule has 5 nitrogen and oxygen atoms in total. The molecule has 148 valence electrons. The number of carbonyl (C=O) groups excluding carboxylic acids is 1. The number of benzene rings is 2. The van der Waals surface area contributed by atoms with Gasteiger partial charge in [-0.25, -0.2) is 17.2 Å². The van der Waals surface area contributed by atoms with E-state index in [4.69, 9.17) is 0 Å². The summed E-state index contributed by atoms with van der Waals surface area (Å²) in [5.41, 5.74) is 2.18. The van der Waals surface area contributed by atoms with E-state index in [0.717, 1.165) is 39.7 Å². The SMILES string of the molecule is O=C([C@@H]1C[C@H](F)CN1S(=O)(=O)c1ccc(F)cc1)N1CCc2ccccc2C1. The van der Waals surface area contributed by atoms with Crippen molar-refractivity contribution in [3.63, 3.8) is 0 Å². The first-order chi connectivity index (χ1) is 13.4. The topological polar surface area (TPSA) is 57.7 Å². The van der Waals surface area contributed by atoms with Gasteiger partial charge in [-0.2, -0.15) is 4.31 Å². The molecule has 8 heteroatoms. The lowest BCUT2D eigenvalue weighted by atomic mass is 9.99. The second-order valence-electron chi connectivity index (χ2n) is 7.16. The van der Waals surface area contributed by atoms with Gasteiger partial charge in [-0.1, -0.05) is 24.3 Å². The van der Waals surface area contributed by atoms with Crippen molar-refractivity contribution in [2.45, 2.75) is 36.5 Å². The Kier molecular flexibility index (Phi) is 4.93. The number of amides is 1. The van der Waals surface area contributed by atoms with Crippen LogP contribution >= 0.6 is 0 Å². The zero-order valence-corrected chi connectivity index (χ0v) is 15.9. The normalized spacial score (nSPS) is 22.9. The Bertz CT molecular complexity index is 995. The van der Waals surface area contributed by atoms with E-state index in [1.807, 2.05) is 24.3 Å². The van der Waals surface area contributed by atoms with Crippen molar-refractivity contribution in [1.82, 2.24) is 9.21 Å². The highest BCUT2D eigenvalue weighted by Crippen LogP contribution is 2.30. The Labute approximate surface area is 162 Å². The minimum absolute atomic E-state index is 0.148. The number of halogens is 2. The first-order valence-electron chi connectivity index (χ1n) is 9.13. The highest BCUT2D eigenvalue weighted by atomic mass is 32.2. The lowest BCUT2D eigenvalue weighted by Gasteiger charge is -2.33. The summed E-state index contributed by atoms with van der Waals surface area (Å²) in [6.45, 7) is 0.473. The molecule has 2 aliphatic rings. The third-order valence-corrected chi connectivity index (χ3v) is 7.24. The second-order valence-corrected chi connectivity index (χ2v) is 9.05. The molecule has 0 aliphatic carbocycles. The molecule has 0 aromatic heterocycles. The third-order valence-electron chi connectivity index (χ3n) is 5.35. The minimum atomic E-state index is -4.10. The van der Waals surface area contributed by atoms with E-state index in [1.165, 1.54) is 0 Å². The molecular weight excluding hydrogens is 386 g/mol. The van der Waals surface area contributed by atoms with Crippen molar-refractivity contribution in [1.29, 1.82) is 0 Å². The van der Waals surface area contributed by atoms with Crippen LogP contribution in [0.1, 0.15) is 17.5 Å². The molecule has 0 radical (unpaired) electrons. The summed E-state index contributed by atoms with van der Waals surface area (Å²) >= 11 is 0. The number of sulfonamides is 1. The Balaban J connectivity index is 1.59. The monoisotopic (exact) mass is 406 g/mol. The maximum atomic E-state index is 14.2. The van der Waals surface area contributed by atoms with Crippen molar-refractivity contribution < 1.29 is 22.0 Å². The number of rotatable bonds is 3. The minimum Gasteiger partial charge on any atom is -0.337 e. The lowest BCUT2D eigenvalue weighted by molar-refractivity contribution is -0.135. The Morgan fingerprint density at radius 2 is 1.71 bits per heavy atom.